The Balaban J connectivity index is 0.770. The summed E-state index contributed by atoms with van der Waals surface area (Å²) in [6.07, 6.45) is 2.29. The molecule has 1 aliphatic rings. The average Bonchev–Trinajstić information content (AvgIpc) is 2.58. The fourth-order valence-corrected chi connectivity index (χ4v) is 14.1. The molecule has 17 aromatic rings. The van der Waals surface area contributed by atoms with Gasteiger partial charge >= 0.3 is 0 Å². The second-order valence-corrected chi connectivity index (χ2v) is 23.2. The second-order valence-electron chi connectivity index (χ2n) is 23.2. The molecule has 1 aliphatic heterocycles. The van der Waals surface area contributed by atoms with Crippen molar-refractivity contribution in [3.05, 3.63) is 332 Å². The number of aliphatic imine (C=N–C) groups is 1. The standard InChI is InChI=1S/C82H54N6/c1-6-20-53(21-7-1)72-52-73(58-38-44-80-70(50-58)68-48-56(36-42-78(68)87(80)62-26-12-4-13-27-62)54-34-40-76-66(46-54)64-30-16-18-32-74(64)85(76)60-22-8-2-9-23-60)84-82(83-72)59-39-45-81-71(51-59)69-49-57(37-43-79(69)88(81)63-28-14-5-15-29-63)55-35-41-77-67(47-55)65-31-17-19-33-75(65)86(77)61-24-10-3-11-25-61/h1-52,73H,(H,83,84). The molecule has 0 saturated carbocycles. The molecule has 1 atom stereocenters. The summed E-state index contributed by atoms with van der Waals surface area (Å²) in [6, 6.07) is 113. The van der Waals surface area contributed by atoms with Crippen LogP contribution in [0.1, 0.15) is 22.7 Å². The van der Waals surface area contributed by atoms with Crippen molar-refractivity contribution in [2.75, 3.05) is 0 Å². The Bertz CT molecular complexity index is 5690. The average molecular weight is 1120 g/mol. The van der Waals surface area contributed by atoms with Crippen LogP contribution in [0.4, 0.5) is 0 Å². The van der Waals surface area contributed by atoms with Crippen LogP contribution in [0, 0.1) is 0 Å². The minimum Gasteiger partial charge on any atom is -0.359 e. The van der Waals surface area contributed by atoms with Crippen molar-refractivity contribution in [3.63, 3.8) is 0 Å². The zero-order valence-electron chi connectivity index (χ0n) is 47.8. The lowest BCUT2D eigenvalue weighted by molar-refractivity contribution is 0.782. The van der Waals surface area contributed by atoms with E-state index in [-0.39, 0.29) is 6.04 Å². The van der Waals surface area contributed by atoms with E-state index in [4.69, 9.17) is 4.99 Å². The summed E-state index contributed by atoms with van der Waals surface area (Å²) < 4.78 is 9.58. The third kappa shape index (κ3) is 7.93. The van der Waals surface area contributed by atoms with Crippen LogP contribution < -0.4 is 5.32 Å². The van der Waals surface area contributed by atoms with Crippen molar-refractivity contribution < 1.29 is 0 Å². The number of hydrogen-bond acceptors (Lipinski definition) is 2. The maximum absolute atomic E-state index is 5.51. The first-order valence-electron chi connectivity index (χ1n) is 30.2. The van der Waals surface area contributed by atoms with E-state index in [1.54, 1.807) is 0 Å². The number of nitrogens with one attached hydrogen (secondary N) is 1. The number of fused-ring (bicyclic) bond motifs is 12. The van der Waals surface area contributed by atoms with Crippen LogP contribution in [0.15, 0.2) is 320 Å². The maximum Gasteiger partial charge on any atom is 0.134 e. The van der Waals surface area contributed by atoms with Gasteiger partial charge in [-0.15, -0.1) is 0 Å². The number of amidine groups is 1. The number of benzene rings is 13. The Morgan fingerprint density at radius 2 is 0.534 bits per heavy atom. The first-order valence-corrected chi connectivity index (χ1v) is 30.2. The van der Waals surface area contributed by atoms with Gasteiger partial charge in [0.2, 0.25) is 0 Å². The number of nitrogens with zero attached hydrogens (tertiary/aromatic N) is 5. The Hall–Kier alpha value is -11.7. The van der Waals surface area contributed by atoms with Gasteiger partial charge in [0.1, 0.15) is 5.84 Å². The molecule has 0 spiro atoms. The fourth-order valence-electron chi connectivity index (χ4n) is 14.1. The molecule has 18 rings (SSSR count). The van der Waals surface area contributed by atoms with E-state index < -0.39 is 0 Å². The molecular weight excluding hydrogens is 1070 g/mol. The van der Waals surface area contributed by atoms with Gasteiger partial charge in [0.05, 0.1) is 55.9 Å². The highest BCUT2D eigenvalue weighted by Crippen LogP contribution is 2.43. The van der Waals surface area contributed by atoms with E-state index in [1.807, 2.05) is 0 Å². The lowest BCUT2D eigenvalue weighted by Gasteiger charge is -2.25. The molecule has 13 aromatic carbocycles. The van der Waals surface area contributed by atoms with Crippen molar-refractivity contribution in [2.24, 2.45) is 4.99 Å². The number of para-hydroxylation sites is 6. The molecule has 1 unspecified atom stereocenters. The highest BCUT2D eigenvalue weighted by Gasteiger charge is 2.25. The summed E-state index contributed by atoms with van der Waals surface area (Å²) in [5, 5.41) is 13.7. The molecule has 0 saturated heterocycles. The summed E-state index contributed by atoms with van der Waals surface area (Å²) in [7, 11) is 0. The van der Waals surface area contributed by atoms with Crippen LogP contribution in [-0.4, -0.2) is 24.1 Å². The minimum atomic E-state index is -0.203. The molecule has 1 N–H and O–H groups in total. The molecule has 5 heterocycles. The van der Waals surface area contributed by atoms with Gasteiger partial charge in [0.25, 0.3) is 0 Å². The van der Waals surface area contributed by atoms with E-state index in [2.05, 4.69) is 339 Å². The predicted molar refractivity (Wildman–Crippen MR) is 368 cm³/mol. The van der Waals surface area contributed by atoms with Crippen molar-refractivity contribution >= 4 is 98.8 Å². The number of hydrogen-bond donors (Lipinski definition) is 1. The molecule has 0 fully saturated rings. The predicted octanol–water partition coefficient (Wildman–Crippen LogP) is 20.5. The normalized spacial score (nSPS) is 13.6. The molecule has 0 aliphatic carbocycles. The van der Waals surface area contributed by atoms with E-state index in [0.717, 1.165) is 84.0 Å². The van der Waals surface area contributed by atoms with Crippen LogP contribution >= 0.6 is 0 Å². The van der Waals surface area contributed by atoms with Gasteiger partial charge in [0, 0.05) is 71.4 Å². The Morgan fingerprint density at radius 1 is 0.239 bits per heavy atom. The summed E-state index contributed by atoms with van der Waals surface area (Å²) in [5.74, 6) is 0.823. The van der Waals surface area contributed by atoms with Gasteiger partial charge < -0.3 is 23.6 Å². The van der Waals surface area contributed by atoms with Gasteiger partial charge in [0.15, 0.2) is 0 Å². The molecular formula is C82H54N6. The molecule has 0 radical (unpaired) electrons. The monoisotopic (exact) mass is 1120 g/mol. The van der Waals surface area contributed by atoms with Crippen LogP contribution in [0.5, 0.6) is 0 Å². The molecule has 88 heavy (non-hydrogen) atoms. The van der Waals surface area contributed by atoms with Crippen LogP contribution in [0.2, 0.25) is 0 Å². The molecule has 0 amide bonds. The van der Waals surface area contributed by atoms with Crippen molar-refractivity contribution in [2.45, 2.75) is 6.04 Å². The third-order valence-corrected chi connectivity index (χ3v) is 18.2. The molecule has 6 nitrogen and oxygen atoms in total. The van der Waals surface area contributed by atoms with Gasteiger partial charge in [-0.25, -0.2) is 4.99 Å². The van der Waals surface area contributed by atoms with E-state index >= 15 is 0 Å². The summed E-state index contributed by atoms with van der Waals surface area (Å²) in [4.78, 5) is 5.51. The molecule has 0 bridgehead atoms. The van der Waals surface area contributed by atoms with E-state index in [9.17, 15) is 0 Å². The first kappa shape index (κ1) is 49.7. The number of aromatic nitrogens is 4. The maximum atomic E-state index is 5.51. The largest absolute Gasteiger partial charge is 0.359 e. The highest BCUT2D eigenvalue weighted by atomic mass is 15.1. The summed E-state index contributed by atoms with van der Waals surface area (Å²) in [5.41, 5.74) is 22.7. The van der Waals surface area contributed by atoms with Crippen molar-refractivity contribution in [3.8, 4) is 45.0 Å². The van der Waals surface area contributed by atoms with Crippen molar-refractivity contribution in [1.82, 2.24) is 23.6 Å². The molecule has 4 aromatic heterocycles. The quantitative estimate of drug-likeness (QED) is 0.154. The fraction of sp³-hybridized carbons (Fsp3) is 0.0122. The van der Waals surface area contributed by atoms with Gasteiger partial charge in [-0.2, -0.15) is 0 Å². The van der Waals surface area contributed by atoms with Crippen molar-refractivity contribution in [1.29, 1.82) is 0 Å². The SMILES string of the molecule is C1=C(c2ccccc2)N=C(c2ccc3c(c2)c2cc(-c4ccc5c(c4)c4ccccc4n5-c4ccccc4)ccc2n3-c2ccccc2)NC1c1ccc2c(c1)c1cc(-c3ccc4c(c3)c3ccccc3n4-c3ccccc3)ccc1n2-c1ccccc1. The summed E-state index contributed by atoms with van der Waals surface area (Å²) in [6.45, 7) is 0. The second kappa shape index (κ2) is 19.9. The zero-order chi connectivity index (χ0) is 57.8. The van der Waals surface area contributed by atoms with Crippen LogP contribution in [-0.2, 0) is 0 Å². The van der Waals surface area contributed by atoms with E-state index in [0.29, 0.717) is 0 Å². The molecule has 412 valence electrons. The first-order chi connectivity index (χ1) is 43.6. The Kier molecular flexibility index (Phi) is 11.3. The zero-order valence-corrected chi connectivity index (χ0v) is 47.8. The van der Waals surface area contributed by atoms with Gasteiger partial charge in [-0.1, -0.05) is 170 Å². The lowest BCUT2D eigenvalue weighted by Crippen LogP contribution is -2.31. The van der Waals surface area contributed by atoms with Crippen LogP contribution in [0.25, 0.3) is 138 Å². The topological polar surface area (TPSA) is 44.1 Å². The highest BCUT2D eigenvalue weighted by molar-refractivity contribution is 6.16. The lowest BCUT2D eigenvalue weighted by atomic mass is 9.97. The van der Waals surface area contributed by atoms with E-state index in [1.165, 1.54) is 76.5 Å². The van der Waals surface area contributed by atoms with Crippen LogP contribution in [0.3, 0.4) is 0 Å². The Morgan fingerprint density at radius 3 is 0.932 bits per heavy atom. The van der Waals surface area contributed by atoms with Gasteiger partial charge in [-0.05, 0) is 179 Å². The Labute approximate surface area is 507 Å². The summed E-state index contributed by atoms with van der Waals surface area (Å²) >= 11 is 0. The van der Waals surface area contributed by atoms with Gasteiger partial charge in [-0.3, -0.25) is 0 Å². The molecule has 6 heteroatoms. The minimum absolute atomic E-state index is 0.203. The number of rotatable bonds is 9. The smallest absolute Gasteiger partial charge is 0.134 e. The third-order valence-electron chi connectivity index (χ3n) is 18.2.